The number of nitrogens with one attached hydrogen (secondary N) is 1. The predicted octanol–water partition coefficient (Wildman–Crippen LogP) is 1.78. The highest BCUT2D eigenvalue weighted by molar-refractivity contribution is 6.35. The number of hydrazine groups is 1. The van der Waals surface area contributed by atoms with Crippen LogP contribution in [0.3, 0.4) is 0 Å². The van der Waals surface area contributed by atoms with Gasteiger partial charge in [-0.2, -0.15) is 5.43 Å². The van der Waals surface area contributed by atoms with E-state index in [1.807, 2.05) is 56.3 Å². The van der Waals surface area contributed by atoms with Crippen LogP contribution in [0, 0.1) is 13.8 Å². The molecule has 2 aliphatic rings. The third kappa shape index (κ3) is 2.82. The van der Waals surface area contributed by atoms with Gasteiger partial charge in [-0.25, -0.2) is 0 Å². The Morgan fingerprint density at radius 2 is 1.69 bits per heavy atom. The number of amides is 2. The molecule has 0 radical (unpaired) electrons. The van der Waals surface area contributed by atoms with E-state index in [-0.39, 0.29) is 6.29 Å². The molecule has 0 bridgehead atoms. The summed E-state index contributed by atoms with van der Waals surface area (Å²) in [6, 6.07) is 16.1. The van der Waals surface area contributed by atoms with Crippen molar-refractivity contribution in [1.29, 1.82) is 0 Å². The molecule has 2 heterocycles. The number of benzene rings is 2. The van der Waals surface area contributed by atoms with E-state index in [4.69, 9.17) is 0 Å². The van der Waals surface area contributed by atoms with Gasteiger partial charge in [-0.15, -0.1) is 0 Å². The molecule has 2 amide bonds. The van der Waals surface area contributed by atoms with Crippen molar-refractivity contribution in [3.05, 3.63) is 65.2 Å². The molecule has 26 heavy (non-hydrogen) atoms. The smallest absolute Gasteiger partial charge is 0.326 e. The SMILES string of the molecule is Cc1ccc(C)c(CN2NC3N(CCN3c3ccccc3)C(=O)C2=O)c1. The van der Waals surface area contributed by atoms with Gasteiger partial charge in [0.05, 0.1) is 6.54 Å². The van der Waals surface area contributed by atoms with Crippen LogP contribution in [0.15, 0.2) is 48.5 Å². The van der Waals surface area contributed by atoms with Crippen molar-refractivity contribution in [2.24, 2.45) is 0 Å². The Bertz CT molecular complexity index is 852. The summed E-state index contributed by atoms with van der Waals surface area (Å²) in [6.07, 6.45) is -0.340. The van der Waals surface area contributed by atoms with Crippen LogP contribution < -0.4 is 10.3 Å². The van der Waals surface area contributed by atoms with Gasteiger partial charge in [0.2, 0.25) is 0 Å². The first-order chi connectivity index (χ1) is 12.5. The predicted molar refractivity (Wildman–Crippen MR) is 98.9 cm³/mol. The van der Waals surface area contributed by atoms with Crippen LogP contribution in [-0.2, 0) is 16.1 Å². The average Bonchev–Trinajstić information content (AvgIpc) is 3.07. The van der Waals surface area contributed by atoms with Crippen LogP contribution in [0.2, 0.25) is 0 Å². The largest absolute Gasteiger partial charge is 0.336 e. The molecule has 0 spiro atoms. The van der Waals surface area contributed by atoms with Crippen LogP contribution >= 0.6 is 0 Å². The number of para-hydroxylation sites is 1. The molecule has 2 saturated heterocycles. The van der Waals surface area contributed by atoms with Crippen LogP contribution in [0.5, 0.6) is 0 Å². The van der Waals surface area contributed by atoms with Crippen molar-refractivity contribution < 1.29 is 9.59 Å². The summed E-state index contributed by atoms with van der Waals surface area (Å²) < 4.78 is 0. The molecule has 6 heteroatoms. The van der Waals surface area contributed by atoms with E-state index in [1.54, 1.807) is 4.90 Å². The zero-order valence-electron chi connectivity index (χ0n) is 15.0. The molecule has 1 N–H and O–H groups in total. The minimum absolute atomic E-state index is 0.340. The van der Waals surface area contributed by atoms with Gasteiger partial charge in [0.25, 0.3) is 0 Å². The van der Waals surface area contributed by atoms with Gasteiger partial charge in [-0.1, -0.05) is 42.0 Å². The maximum atomic E-state index is 12.6. The lowest BCUT2D eigenvalue weighted by Crippen LogP contribution is -2.67. The fraction of sp³-hybridized carbons (Fsp3) is 0.300. The highest BCUT2D eigenvalue weighted by Crippen LogP contribution is 2.25. The minimum Gasteiger partial charge on any atom is -0.336 e. The molecule has 0 aliphatic carbocycles. The number of hydrogen-bond acceptors (Lipinski definition) is 4. The second-order valence-corrected chi connectivity index (χ2v) is 6.85. The van der Waals surface area contributed by atoms with Crippen molar-refractivity contribution in [1.82, 2.24) is 15.3 Å². The highest BCUT2D eigenvalue weighted by atomic mass is 16.2. The maximum Gasteiger partial charge on any atom is 0.326 e. The van der Waals surface area contributed by atoms with Gasteiger partial charge in [-0.3, -0.25) is 19.5 Å². The van der Waals surface area contributed by atoms with Gasteiger partial charge in [-0.05, 0) is 37.1 Å². The van der Waals surface area contributed by atoms with Crippen LogP contribution in [-0.4, -0.2) is 41.1 Å². The average molecular weight is 350 g/mol. The first kappa shape index (κ1) is 16.6. The summed E-state index contributed by atoms with van der Waals surface area (Å²) in [6.45, 7) is 5.63. The normalized spacial score (nSPS) is 19.9. The first-order valence-corrected chi connectivity index (χ1v) is 8.81. The number of aryl methyl sites for hydroxylation is 2. The van der Waals surface area contributed by atoms with Gasteiger partial charge in [0.1, 0.15) is 0 Å². The minimum atomic E-state index is -0.503. The van der Waals surface area contributed by atoms with E-state index in [0.717, 1.165) is 22.4 Å². The lowest BCUT2D eigenvalue weighted by Gasteiger charge is -2.40. The number of rotatable bonds is 3. The van der Waals surface area contributed by atoms with Gasteiger partial charge < -0.3 is 4.90 Å². The molecule has 6 nitrogen and oxygen atoms in total. The van der Waals surface area contributed by atoms with E-state index in [9.17, 15) is 9.59 Å². The van der Waals surface area contributed by atoms with Crippen LogP contribution in [0.1, 0.15) is 16.7 Å². The third-order valence-electron chi connectivity index (χ3n) is 5.05. The summed E-state index contributed by atoms with van der Waals surface area (Å²) in [5, 5.41) is 1.45. The van der Waals surface area contributed by atoms with Crippen molar-refractivity contribution in [2.75, 3.05) is 18.0 Å². The summed E-state index contributed by atoms with van der Waals surface area (Å²) in [5.74, 6) is -0.949. The Kier molecular flexibility index (Phi) is 4.12. The number of fused-ring (bicyclic) bond motifs is 1. The van der Waals surface area contributed by atoms with Gasteiger partial charge >= 0.3 is 11.8 Å². The van der Waals surface area contributed by atoms with Gasteiger partial charge in [0, 0.05) is 18.8 Å². The number of carbonyl (C=O) groups excluding carboxylic acids is 2. The molecule has 2 aromatic carbocycles. The quantitative estimate of drug-likeness (QED) is 0.858. The van der Waals surface area contributed by atoms with Gasteiger partial charge in [0.15, 0.2) is 6.29 Å². The number of nitrogens with zero attached hydrogens (tertiary/aromatic N) is 3. The fourth-order valence-corrected chi connectivity index (χ4v) is 3.56. The molecular formula is C20H22N4O2. The van der Waals surface area contributed by atoms with E-state index in [0.29, 0.717) is 19.6 Å². The van der Waals surface area contributed by atoms with E-state index in [2.05, 4.69) is 16.4 Å². The van der Waals surface area contributed by atoms with Crippen molar-refractivity contribution in [3.63, 3.8) is 0 Å². The Balaban J connectivity index is 1.60. The topological polar surface area (TPSA) is 55.9 Å². The zero-order valence-corrected chi connectivity index (χ0v) is 15.0. The molecule has 2 fully saturated rings. The number of carbonyl (C=O) groups is 2. The van der Waals surface area contributed by atoms with Crippen LogP contribution in [0.4, 0.5) is 5.69 Å². The summed E-state index contributed by atoms with van der Waals surface area (Å²) in [5.41, 5.74) is 7.56. The Labute approximate surface area is 153 Å². The molecule has 4 rings (SSSR count). The second kappa shape index (κ2) is 6.46. The molecule has 1 atom stereocenters. The number of anilines is 1. The highest BCUT2D eigenvalue weighted by Gasteiger charge is 2.45. The lowest BCUT2D eigenvalue weighted by atomic mass is 10.1. The standard InChI is InChI=1S/C20H22N4O2/c1-14-8-9-15(2)16(12-14)13-24-19(26)18(25)23-11-10-22(20(23)21-24)17-6-4-3-5-7-17/h3-9,12,20-21H,10-11,13H2,1-2H3. The third-order valence-corrected chi connectivity index (χ3v) is 5.05. The second-order valence-electron chi connectivity index (χ2n) is 6.85. The van der Waals surface area contributed by atoms with E-state index < -0.39 is 11.8 Å². The molecule has 1 unspecified atom stereocenters. The molecular weight excluding hydrogens is 328 g/mol. The summed E-state index contributed by atoms with van der Waals surface area (Å²) in [4.78, 5) is 28.9. The van der Waals surface area contributed by atoms with Crippen molar-refractivity contribution in [2.45, 2.75) is 26.7 Å². The van der Waals surface area contributed by atoms with Crippen molar-refractivity contribution >= 4 is 17.5 Å². The number of hydrogen-bond donors (Lipinski definition) is 1. The Morgan fingerprint density at radius 1 is 0.962 bits per heavy atom. The Morgan fingerprint density at radius 3 is 2.46 bits per heavy atom. The lowest BCUT2D eigenvalue weighted by molar-refractivity contribution is -0.163. The first-order valence-electron chi connectivity index (χ1n) is 8.81. The van der Waals surface area contributed by atoms with Crippen molar-refractivity contribution in [3.8, 4) is 0 Å². The van der Waals surface area contributed by atoms with Crippen LogP contribution in [0.25, 0.3) is 0 Å². The zero-order chi connectivity index (χ0) is 18.3. The van der Waals surface area contributed by atoms with E-state index in [1.165, 1.54) is 5.01 Å². The molecule has 0 saturated carbocycles. The molecule has 2 aliphatic heterocycles. The molecule has 0 aromatic heterocycles. The molecule has 2 aromatic rings. The summed E-state index contributed by atoms with van der Waals surface area (Å²) >= 11 is 0. The summed E-state index contributed by atoms with van der Waals surface area (Å²) in [7, 11) is 0. The monoisotopic (exact) mass is 350 g/mol. The molecule has 134 valence electrons. The maximum absolute atomic E-state index is 12.6. The fourth-order valence-electron chi connectivity index (χ4n) is 3.56. The van der Waals surface area contributed by atoms with E-state index >= 15 is 0 Å². The Hall–Kier alpha value is -2.86.